The second kappa shape index (κ2) is 8.09. The number of carbonyl (C=O) groups is 2. The van der Waals surface area contributed by atoms with Crippen molar-refractivity contribution in [3.63, 3.8) is 0 Å². The van der Waals surface area contributed by atoms with Crippen LogP contribution in [0.4, 0.5) is 11.4 Å². The maximum absolute atomic E-state index is 12.6. The van der Waals surface area contributed by atoms with Gasteiger partial charge < -0.3 is 15.1 Å². The molecular weight excluding hydrogens is 398 g/mol. The number of likely N-dealkylation sites (tertiary alicyclic amines) is 1. The molecule has 30 heavy (non-hydrogen) atoms. The van der Waals surface area contributed by atoms with Gasteiger partial charge in [-0.2, -0.15) is 0 Å². The topological polar surface area (TPSA) is 164 Å². The van der Waals surface area contributed by atoms with Crippen LogP contribution in [0, 0.1) is 20.2 Å². The first-order valence-electron chi connectivity index (χ1n) is 8.64. The third-order valence-electron chi connectivity index (χ3n) is 4.65. The van der Waals surface area contributed by atoms with E-state index < -0.39 is 39.9 Å². The summed E-state index contributed by atoms with van der Waals surface area (Å²) in [4.78, 5) is 46.6. The number of rotatable bonds is 6. The van der Waals surface area contributed by atoms with Gasteiger partial charge in [0, 0.05) is 36.4 Å². The number of amides is 1. The number of benzene rings is 2. The van der Waals surface area contributed by atoms with E-state index in [0.717, 1.165) is 17.0 Å². The minimum Gasteiger partial charge on any atom is -0.507 e. The first kappa shape index (κ1) is 20.6. The fourth-order valence-corrected chi connectivity index (χ4v) is 3.24. The Morgan fingerprint density at radius 3 is 1.90 bits per heavy atom. The molecule has 0 aromatic heterocycles. The van der Waals surface area contributed by atoms with Gasteiger partial charge in [0.05, 0.1) is 28.1 Å². The summed E-state index contributed by atoms with van der Waals surface area (Å²) in [6.45, 7) is -0.655. The van der Waals surface area contributed by atoms with E-state index >= 15 is 0 Å². The smallest absolute Gasteiger partial charge is 0.295 e. The number of carbonyl (C=O) groups excluding carboxylic acids is 2. The van der Waals surface area contributed by atoms with Crippen LogP contribution in [0.5, 0.6) is 0 Å². The Morgan fingerprint density at radius 2 is 1.43 bits per heavy atom. The quantitative estimate of drug-likeness (QED) is 0.238. The molecule has 1 saturated heterocycles. The summed E-state index contributed by atoms with van der Waals surface area (Å²) < 4.78 is 0. The fourth-order valence-electron chi connectivity index (χ4n) is 3.24. The lowest BCUT2D eigenvalue weighted by Gasteiger charge is -2.24. The molecule has 3 rings (SSSR count). The van der Waals surface area contributed by atoms with Crippen LogP contribution in [0.1, 0.15) is 17.2 Å². The van der Waals surface area contributed by atoms with Crippen LogP contribution < -0.4 is 0 Å². The van der Waals surface area contributed by atoms with Gasteiger partial charge in [0.2, 0.25) is 0 Å². The average Bonchev–Trinajstić information content (AvgIpc) is 2.98. The molecule has 0 bridgehead atoms. The van der Waals surface area contributed by atoms with Crippen molar-refractivity contribution in [3.05, 3.63) is 85.5 Å². The fraction of sp³-hybridized carbons (Fsp3) is 0.158. The summed E-state index contributed by atoms with van der Waals surface area (Å²) in [5.41, 5.74) is -0.310. The highest BCUT2D eigenvalue weighted by Crippen LogP contribution is 2.39. The Bertz CT molecular complexity index is 1060. The number of β-amino-alcohol motifs (C(OH)–C–C–N with tert-alkyl or cyclic N) is 1. The predicted octanol–water partition coefficient (Wildman–Crippen LogP) is 1.92. The van der Waals surface area contributed by atoms with Gasteiger partial charge in [-0.15, -0.1) is 0 Å². The molecule has 154 valence electrons. The lowest BCUT2D eigenvalue weighted by Crippen LogP contribution is -2.32. The summed E-state index contributed by atoms with van der Waals surface area (Å²) in [6, 6.07) is 8.75. The van der Waals surface area contributed by atoms with Crippen molar-refractivity contribution in [2.24, 2.45) is 0 Å². The number of nitro groups is 2. The lowest BCUT2D eigenvalue weighted by molar-refractivity contribution is -0.385. The molecule has 0 aliphatic carbocycles. The molecular formula is C19H15N3O8. The second-order valence-corrected chi connectivity index (χ2v) is 6.37. The Kier molecular flexibility index (Phi) is 5.56. The predicted molar refractivity (Wildman–Crippen MR) is 102 cm³/mol. The van der Waals surface area contributed by atoms with Crippen molar-refractivity contribution < 1.29 is 29.6 Å². The van der Waals surface area contributed by atoms with E-state index in [1.54, 1.807) is 0 Å². The zero-order valence-corrected chi connectivity index (χ0v) is 15.3. The molecule has 11 heteroatoms. The van der Waals surface area contributed by atoms with Crippen molar-refractivity contribution in [1.29, 1.82) is 0 Å². The minimum absolute atomic E-state index is 0.0783. The van der Waals surface area contributed by atoms with Crippen molar-refractivity contribution in [1.82, 2.24) is 4.90 Å². The van der Waals surface area contributed by atoms with E-state index in [2.05, 4.69) is 0 Å². The number of nitro benzene ring substituents is 2. The summed E-state index contributed by atoms with van der Waals surface area (Å²) in [6.07, 6.45) is 0. The molecule has 1 amide bonds. The Labute approximate surface area is 168 Å². The van der Waals surface area contributed by atoms with E-state index in [1.807, 2.05) is 0 Å². The first-order chi connectivity index (χ1) is 14.3. The van der Waals surface area contributed by atoms with Gasteiger partial charge >= 0.3 is 0 Å². The number of non-ortho nitro benzene ring substituents is 2. The molecule has 1 aliphatic heterocycles. The molecule has 2 aromatic rings. The van der Waals surface area contributed by atoms with Crippen molar-refractivity contribution in [2.75, 3.05) is 13.2 Å². The standard InChI is InChI=1S/C19H15N3O8/c23-10-9-20-16(11-1-5-13(6-2-11)21(27)28)15(18(25)19(20)26)17(24)12-3-7-14(8-4-12)22(29)30/h1-8,16,23-24H,9-10H2/b17-15+/t16-/m0/s1. The molecule has 1 atom stereocenters. The number of Topliss-reactive ketones (excluding diaryl/α,β-unsaturated/α-hetero) is 1. The van der Waals surface area contributed by atoms with Crippen LogP contribution in [0.3, 0.4) is 0 Å². The molecule has 0 spiro atoms. The van der Waals surface area contributed by atoms with Gasteiger partial charge in [0.1, 0.15) is 5.76 Å². The normalized spacial score (nSPS) is 17.9. The lowest BCUT2D eigenvalue weighted by atomic mass is 9.95. The van der Waals surface area contributed by atoms with Gasteiger partial charge in [-0.1, -0.05) is 0 Å². The number of hydrogen-bond donors (Lipinski definition) is 2. The zero-order chi connectivity index (χ0) is 22.0. The largest absolute Gasteiger partial charge is 0.507 e. The van der Waals surface area contributed by atoms with Gasteiger partial charge in [-0.05, 0) is 29.8 Å². The monoisotopic (exact) mass is 413 g/mol. The van der Waals surface area contributed by atoms with Gasteiger partial charge in [-0.3, -0.25) is 29.8 Å². The number of ketones is 1. The van der Waals surface area contributed by atoms with Crippen LogP contribution in [-0.2, 0) is 9.59 Å². The maximum atomic E-state index is 12.6. The third-order valence-corrected chi connectivity index (χ3v) is 4.65. The number of aliphatic hydroxyl groups excluding tert-OH is 2. The molecule has 0 saturated carbocycles. The molecule has 0 unspecified atom stereocenters. The summed E-state index contributed by atoms with van der Waals surface area (Å²) in [5, 5.41) is 41.7. The van der Waals surface area contributed by atoms with Gasteiger partial charge in [0.15, 0.2) is 0 Å². The van der Waals surface area contributed by atoms with Crippen molar-refractivity contribution in [3.8, 4) is 0 Å². The number of hydrogen-bond acceptors (Lipinski definition) is 8. The van der Waals surface area contributed by atoms with Crippen LogP contribution in [-0.4, -0.2) is 49.8 Å². The SMILES string of the molecule is O=C1C(=O)N(CCO)[C@@H](c2ccc([N+](=O)[O-])cc2)/C1=C(\O)c1ccc([N+](=O)[O-])cc1. The van der Waals surface area contributed by atoms with E-state index in [9.17, 15) is 40.0 Å². The molecule has 1 heterocycles. The first-order valence-corrected chi connectivity index (χ1v) is 8.64. The summed E-state index contributed by atoms with van der Waals surface area (Å²) >= 11 is 0. The minimum atomic E-state index is -1.09. The maximum Gasteiger partial charge on any atom is 0.295 e. The van der Waals surface area contributed by atoms with Gasteiger partial charge in [0.25, 0.3) is 23.1 Å². The highest BCUT2D eigenvalue weighted by atomic mass is 16.6. The molecule has 1 fully saturated rings. The number of nitrogens with zero attached hydrogens (tertiary/aromatic N) is 3. The van der Waals surface area contributed by atoms with Crippen molar-refractivity contribution >= 4 is 28.8 Å². The molecule has 11 nitrogen and oxygen atoms in total. The Morgan fingerprint density at radius 1 is 0.933 bits per heavy atom. The highest BCUT2D eigenvalue weighted by Gasteiger charge is 2.45. The van der Waals surface area contributed by atoms with E-state index in [0.29, 0.717) is 5.56 Å². The van der Waals surface area contributed by atoms with Crippen LogP contribution in [0.2, 0.25) is 0 Å². The zero-order valence-electron chi connectivity index (χ0n) is 15.3. The third kappa shape index (κ3) is 3.61. The van der Waals surface area contributed by atoms with E-state index in [4.69, 9.17) is 0 Å². The highest BCUT2D eigenvalue weighted by molar-refractivity contribution is 6.46. The number of aliphatic hydroxyl groups is 2. The van der Waals surface area contributed by atoms with Crippen molar-refractivity contribution in [2.45, 2.75) is 6.04 Å². The summed E-state index contributed by atoms with van der Waals surface area (Å²) in [5.74, 6) is -2.49. The second-order valence-electron chi connectivity index (χ2n) is 6.37. The van der Waals surface area contributed by atoms with Crippen LogP contribution >= 0.6 is 0 Å². The van der Waals surface area contributed by atoms with E-state index in [-0.39, 0.29) is 29.1 Å². The van der Waals surface area contributed by atoms with E-state index in [1.165, 1.54) is 36.4 Å². The Hall–Kier alpha value is -4.12. The van der Waals surface area contributed by atoms with Crippen LogP contribution in [0.25, 0.3) is 5.76 Å². The van der Waals surface area contributed by atoms with Gasteiger partial charge in [-0.25, -0.2) is 0 Å². The molecule has 0 radical (unpaired) electrons. The average molecular weight is 413 g/mol. The molecule has 2 N–H and O–H groups in total. The molecule has 2 aromatic carbocycles. The summed E-state index contributed by atoms with van der Waals surface area (Å²) in [7, 11) is 0. The Balaban J connectivity index is 2.14. The molecule has 1 aliphatic rings. The van der Waals surface area contributed by atoms with Crippen LogP contribution in [0.15, 0.2) is 54.1 Å².